The molecule has 0 N–H and O–H groups in total. The van der Waals surface area contributed by atoms with Crippen molar-refractivity contribution in [2.24, 2.45) is 0 Å². The van der Waals surface area contributed by atoms with Crippen LogP contribution in [0, 0.1) is 0 Å². The summed E-state index contributed by atoms with van der Waals surface area (Å²) in [5, 5.41) is 0.437. The number of hydrogen-bond donors (Lipinski definition) is 0. The van der Waals surface area contributed by atoms with Crippen molar-refractivity contribution in [3.05, 3.63) is 23.8 Å². The van der Waals surface area contributed by atoms with Crippen LogP contribution in [0.15, 0.2) is 18.2 Å². The van der Waals surface area contributed by atoms with E-state index in [1.807, 2.05) is 26.2 Å². The third-order valence-electron chi connectivity index (χ3n) is 2.62. The van der Waals surface area contributed by atoms with Gasteiger partial charge in [-0.1, -0.05) is 12.1 Å². The van der Waals surface area contributed by atoms with E-state index in [9.17, 15) is 0 Å². The van der Waals surface area contributed by atoms with E-state index in [1.165, 1.54) is 5.56 Å². The Bertz CT molecular complexity index is 455. The highest BCUT2D eigenvalue weighted by Crippen LogP contribution is 2.41. The number of benzene rings is 1. The molecule has 0 radical (unpaired) electrons. The van der Waals surface area contributed by atoms with Gasteiger partial charge >= 0.3 is 0 Å². The van der Waals surface area contributed by atoms with Crippen molar-refractivity contribution in [3.8, 4) is 11.5 Å². The topological polar surface area (TPSA) is 21.7 Å². The van der Waals surface area contributed by atoms with Gasteiger partial charge in [0.05, 0.1) is 0 Å². The van der Waals surface area contributed by atoms with E-state index in [-0.39, 0.29) is 5.60 Å². The molecule has 1 aromatic rings. The molecule has 92 valence electrons. The third kappa shape index (κ3) is 2.52. The second kappa shape index (κ2) is 4.18. The van der Waals surface area contributed by atoms with Crippen LogP contribution in [-0.4, -0.2) is 29.8 Å². The summed E-state index contributed by atoms with van der Waals surface area (Å²) < 4.78 is 11.5. The van der Waals surface area contributed by atoms with Crippen molar-refractivity contribution in [2.75, 3.05) is 14.1 Å². The van der Waals surface area contributed by atoms with Crippen molar-refractivity contribution in [1.29, 1.82) is 0 Å². The first-order valence-electron chi connectivity index (χ1n) is 5.59. The average Bonchev–Trinajstić information content (AvgIpc) is 2.53. The number of thiocarbonyl (C=S) groups is 1. The molecule has 0 atom stereocenters. The molecule has 1 heterocycles. The number of rotatable bonds is 1. The largest absolute Gasteiger partial charge is 0.483 e. The fraction of sp³-hybridized carbons (Fsp3) is 0.462. The summed E-state index contributed by atoms with van der Waals surface area (Å²) in [6.07, 6.45) is 0.897. The maximum Gasteiger partial charge on any atom is 0.264 e. The Labute approximate surface area is 107 Å². The zero-order chi connectivity index (χ0) is 12.6. The normalized spacial score (nSPS) is 16.0. The van der Waals surface area contributed by atoms with Gasteiger partial charge in [-0.25, -0.2) is 0 Å². The van der Waals surface area contributed by atoms with Crippen molar-refractivity contribution in [2.45, 2.75) is 25.9 Å². The predicted molar refractivity (Wildman–Crippen MR) is 71.8 cm³/mol. The van der Waals surface area contributed by atoms with Gasteiger partial charge in [-0.2, -0.15) is 0 Å². The van der Waals surface area contributed by atoms with Gasteiger partial charge in [0.2, 0.25) is 0 Å². The summed E-state index contributed by atoms with van der Waals surface area (Å²) in [5.74, 6) is 1.52. The highest BCUT2D eigenvalue weighted by molar-refractivity contribution is 7.80. The molecular formula is C13H17NO2S. The molecule has 1 aromatic carbocycles. The fourth-order valence-corrected chi connectivity index (χ4v) is 1.94. The average molecular weight is 251 g/mol. The highest BCUT2D eigenvalue weighted by Gasteiger charge is 2.32. The maximum absolute atomic E-state index is 5.90. The Kier molecular flexibility index (Phi) is 3.00. The second-order valence-corrected chi connectivity index (χ2v) is 5.39. The Balaban J connectivity index is 2.27. The molecule has 1 aliphatic rings. The van der Waals surface area contributed by atoms with Crippen LogP contribution in [0.5, 0.6) is 11.5 Å². The minimum Gasteiger partial charge on any atom is -0.483 e. The van der Waals surface area contributed by atoms with Crippen LogP contribution >= 0.6 is 12.2 Å². The zero-order valence-electron chi connectivity index (χ0n) is 10.6. The number of ether oxygens (including phenoxy) is 2. The minimum absolute atomic E-state index is 0.165. The summed E-state index contributed by atoms with van der Waals surface area (Å²) in [5.41, 5.74) is 1.01. The molecule has 0 saturated heterocycles. The van der Waals surface area contributed by atoms with E-state index in [0.717, 1.165) is 12.2 Å². The van der Waals surface area contributed by atoms with Crippen LogP contribution in [0.3, 0.4) is 0 Å². The first-order valence-corrected chi connectivity index (χ1v) is 6.00. The summed E-state index contributed by atoms with van der Waals surface area (Å²) in [6, 6.07) is 5.92. The molecule has 0 fully saturated rings. The lowest BCUT2D eigenvalue weighted by molar-refractivity contribution is 0.135. The third-order valence-corrected chi connectivity index (χ3v) is 3.07. The number of hydrogen-bond acceptors (Lipinski definition) is 3. The standard InChI is InChI=1S/C13H17NO2S/c1-13(2)8-9-6-5-7-10(11(9)16-13)15-12(17)14(3)4/h5-7H,8H2,1-4H3. The van der Waals surface area contributed by atoms with Crippen LogP contribution in [0.2, 0.25) is 0 Å². The van der Waals surface area contributed by atoms with Gasteiger partial charge in [-0.3, -0.25) is 0 Å². The Morgan fingerprint density at radius 2 is 2.12 bits per heavy atom. The van der Waals surface area contributed by atoms with Crippen LogP contribution in [0.4, 0.5) is 0 Å². The van der Waals surface area contributed by atoms with Crippen molar-refractivity contribution >= 4 is 17.4 Å². The van der Waals surface area contributed by atoms with Gasteiger partial charge < -0.3 is 14.4 Å². The van der Waals surface area contributed by atoms with Crippen molar-refractivity contribution < 1.29 is 9.47 Å². The van der Waals surface area contributed by atoms with Crippen molar-refractivity contribution in [1.82, 2.24) is 4.90 Å². The molecule has 4 heteroatoms. The van der Waals surface area contributed by atoms with E-state index in [4.69, 9.17) is 21.7 Å². The number of nitrogens with zero attached hydrogens (tertiary/aromatic N) is 1. The molecule has 0 unspecified atom stereocenters. The number of para-hydroxylation sites is 1. The van der Waals surface area contributed by atoms with E-state index >= 15 is 0 Å². The zero-order valence-corrected chi connectivity index (χ0v) is 11.4. The lowest BCUT2D eigenvalue weighted by Crippen LogP contribution is -2.26. The summed E-state index contributed by atoms with van der Waals surface area (Å²) in [6.45, 7) is 4.14. The van der Waals surface area contributed by atoms with Gasteiger partial charge in [-0.15, -0.1) is 0 Å². The first-order chi connectivity index (χ1) is 7.89. The van der Waals surface area contributed by atoms with Gasteiger partial charge in [0, 0.05) is 26.1 Å². The molecule has 3 nitrogen and oxygen atoms in total. The van der Waals surface area contributed by atoms with Crippen LogP contribution < -0.4 is 9.47 Å². The minimum atomic E-state index is -0.165. The molecule has 0 amide bonds. The smallest absolute Gasteiger partial charge is 0.264 e. The molecule has 0 saturated carbocycles. The van der Waals surface area contributed by atoms with E-state index in [0.29, 0.717) is 10.9 Å². The molecule has 0 aliphatic carbocycles. The van der Waals surface area contributed by atoms with E-state index < -0.39 is 0 Å². The SMILES string of the molecule is CN(C)C(=S)Oc1cccc2c1OC(C)(C)C2. The fourth-order valence-electron chi connectivity index (χ4n) is 1.85. The Morgan fingerprint density at radius 3 is 2.76 bits per heavy atom. The highest BCUT2D eigenvalue weighted by atomic mass is 32.1. The van der Waals surface area contributed by atoms with Gasteiger partial charge in [0.1, 0.15) is 5.60 Å². The molecule has 0 bridgehead atoms. The lowest BCUT2D eigenvalue weighted by Gasteiger charge is -2.19. The van der Waals surface area contributed by atoms with Crippen molar-refractivity contribution in [3.63, 3.8) is 0 Å². The molecule has 0 aromatic heterocycles. The molecule has 1 aliphatic heterocycles. The molecule has 0 spiro atoms. The molecular weight excluding hydrogens is 234 g/mol. The quantitative estimate of drug-likeness (QED) is 0.715. The molecule has 2 rings (SSSR count). The Hall–Kier alpha value is -1.29. The maximum atomic E-state index is 5.90. The van der Waals surface area contributed by atoms with Gasteiger partial charge in [-0.05, 0) is 32.1 Å². The molecule has 17 heavy (non-hydrogen) atoms. The van der Waals surface area contributed by atoms with Gasteiger partial charge in [0.25, 0.3) is 5.17 Å². The second-order valence-electron chi connectivity index (χ2n) is 5.05. The monoisotopic (exact) mass is 251 g/mol. The van der Waals surface area contributed by atoms with Crippen LogP contribution in [-0.2, 0) is 6.42 Å². The van der Waals surface area contributed by atoms with Crippen LogP contribution in [0.25, 0.3) is 0 Å². The summed E-state index contributed by atoms with van der Waals surface area (Å²) in [4.78, 5) is 1.76. The predicted octanol–water partition coefficient (Wildman–Crippen LogP) is 2.63. The summed E-state index contributed by atoms with van der Waals surface area (Å²) >= 11 is 5.14. The first kappa shape index (κ1) is 12.2. The lowest BCUT2D eigenvalue weighted by atomic mass is 10.0. The van der Waals surface area contributed by atoms with Crippen LogP contribution in [0.1, 0.15) is 19.4 Å². The van der Waals surface area contributed by atoms with Gasteiger partial charge in [0.15, 0.2) is 11.5 Å². The van der Waals surface area contributed by atoms with E-state index in [2.05, 4.69) is 19.9 Å². The number of fused-ring (bicyclic) bond motifs is 1. The summed E-state index contributed by atoms with van der Waals surface area (Å²) in [7, 11) is 3.71. The van der Waals surface area contributed by atoms with E-state index in [1.54, 1.807) is 4.90 Å². The Morgan fingerprint density at radius 1 is 1.41 bits per heavy atom.